The lowest BCUT2D eigenvalue weighted by Crippen LogP contribution is -2.40. The third-order valence-electron chi connectivity index (χ3n) is 6.53. The van der Waals surface area contributed by atoms with Crippen LogP contribution < -0.4 is 15.4 Å². The molecule has 0 radical (unpaired) electrons. The Balaban J connectivity index is 0.00000341. The number of nitrogens with zero attached hydrogens (tertiary/aromatic N) is 3. The lowest BCUT2D eigenvalue weighted by molar-refractivity contribution is 0.213. The first-order valence-corrected chi connectivity index (χ1v) is 11.8. The summed E-state index contributed by atoms with van der Waals surface area (Å²) < 4.78 is 5.34. The molecule has 7 heteroatoms. The van der Waals surface area contributed by atoms with E-state index < -0.39 is 0 Å². The molecule has 0 aromatic heterocycles. The number of rotatable bonds is 9. The van der Waals surface area contributed by atoms with Crippen LogP contribution in [-0.4, -0.2) is 75.7 Å². The number of methoxy groups -OCH3 is 1. The lowest BCUT2D eigenvalue weighted by Gasteiger charge is -2.29. The molecule has 2 heterocycles. The Kier molecular flexibility index (Phi) is 12.0. The summed E-state index contributed by atoms with van der Waals surface area (Å²) in [5, 5.41) is 7.02. The van der Waals surface area contributed by atoms with Crippen LogP contribution in [-0.2, 0) is 0 Å². The van der Waals surface area contributed by atoms with Crippen molar-refractivity contribution in [2.45, 2.75) is 45.1 Å². The van der Waals surface area contributed by atoms with E-state index in [4.69, 9.17) is 9.73 Å². The molecule has 0 saturated carbocycles. The molecule has 1 aromatic rings. The summed E-state index contributed by atoms with van der Waals surface area (Å²) in [6, 6.07) is 8.83. The van der Waals surface area contributed by atoms with Crippen LogP contribution in [0.15, 0.2) is 29.3 Å². The van der Waals surface area contributed by atoms with E-state index >= 15 is 0 Å². The Morgan fingerprint density at radius 2 is 1.77 bits per heavy atom. The van der Waals surface area contributed by atoms with Crippen LogP contribution in [0.2, 0.25) is 0 Å². The van der Waals surface area contributed by atoms with E-state index in [1.807, 2.05) is 0 Å². The van der Waals surface area contributed by atoms with Gasteiger partial charge in [0.05, 0.1) is 19.7 Å². The highest BCUT2D eigenvalue weighted by molar-refractivity contribution is 14.0. The number of hydrogen-bond acceptors (Lipinski definition) is 4. The first kappa shape index (κ1) is 26.2. The van der Waals surface area contributed by atoms with Crippen LogP contribution >= 0.6 is 24.0 Å². The number of halogens is 1. The Hall–Kier alpha value is -1.06. The summed E-state index contributed by atoms with van der Waals surface area (Å²) in [6.07, 6.45) is 6.43. The van der Waals surface area contributed by atoms with E-state index in [1.165, 1.54) is 50.8 Å². The Morgan fingerprint density at radius 1 is 1.10 bits per heavy atom. The van der Waals surface area contributed by atoms with Crippen LogP contribution in [0.25, 0.3) is 0 Å². The standard InChI is InChI=1S/C24H41N5O.HI/c1-4-25-24(26-14-11-20-12-17-28(2)18-13-20)27-19-23(29-15-5-6-16-29)21-7-9-22(30-3)10-8-21;/h7-10,20,23H,4-6,11-19H2,1-3H3,(H2,25,26,27);1H. The molecule has 176 valence electrons. The molecule has 2 aliphatic rings. The van der Waals surface area contributed by atoms with Gasteiger partial charge in [0.15, 0.2) is 5.96 Å². The van der Waals surface area contributed by atoms with Gasteiger partial charge in [-0.15, -0.1) is 24.0 Å². The largest absolute Gasteiger partial charge is 0.497 e. The van der Waals surface area contributed by atoms with Crippen LogP contribution in [0, 0.1) is 5.92 Å². The molecule has 1 atom stereocenters. The third-order valence-corrected chi connectivity index (χ3v) is 6.53. The maximum absolute atomic E-state index is 5.34. The zero-order chi connectivity index (χ0) is 21.2. The number of likely N-dealkylation sites (tertiary alicyclic amines) is 2. The van der Waals surface area contributed by atoms with Crippen molar-refractivity contribution in [1.29, 1.82) is 0 Å². The SMILES string of the molecule is CCNC(=NCC(c1ccc(OC)cc1)N1CCCC1)NCCC1CCN(C)CC1.I. The van der Waals surface area contributed by atoms with Gasteiger partial charge in [-0.1, -0.05) is 12.1 Å². The van der Waals surface area contributed by atoms with Gasteiger partial charge < -0.3 is 20.3 Å². The van der Waals surface area contributed by atoms with Crippen molar-refractivity contribution in [3.05, 3.63) is 29.8 Å². The van der Waals surface area contributed by atoms with Gasteiger partial charge in [0, 0.05) is 13.1 Å². The van der Waals surface area contributed by atoms with Crippen molar-refractivity contribution in [3.63, 3.8) is 0 Å². The number of guanidine groups is 1. The highest BCUT2D eigenvalue weighted by atomic mass is 127. The number of benzene rings is 1. The number of aliphatic imine (C=N–C) groups is 1. The fourth-order valence-corrected chi connectivity index (χ4v) is 4.58. The third kappa shape index (κ3) is 8.42. The zero-order valence-corrected chi connectivity index (χ0v) is 21.9. The first-order chi connectivity index (χ1) is 14.7. The maximum Gasteiger partial charge on any atom is 0.191 e. The smallest absolute Gasteiger partial charge is 0.191 e. The Labute approximate surface area is 206 Å². The molecule has 2 N–H and O–H groups in total. The van der Waals surface area contributed by atoms with Gasteiger partial charge in [0.25, 0.3) is 0 Å². The maximum atomic E-state index is 5.34. The molecule has 2 aliphatic heterocycles. The number of nitrogens with one attached hydrogen (secondary N) is 2. The second kappa shape index (κ2) is 14.2. The molecule has 1 aromatic carbocycles. The van der Waals surface area contributed by atoms with Crippen molar-refractivity contribution >= 4 is 29.9 Å². The minimum Gasteiger partial charge on any atom is -0.497 e. The molecular formula is C24H42IN5O. The van der Waals surface area contributed by atoms with E-state index in [1.54, 1.807) is 7.11 Å². The van der Waals surface area contributed by atoms with Gasteiger partial charge in [-0.3, -0.25) is 9.89 Å². The Bertz CT molecular complexity index is 640. The van der Waals surface area contributed by atoms with Crippen LogP contribution in [0.3, 0.4) is 0 Å². The molecule has 0 amide bonds. The quantitative estimate of drug-likeness (QED) is 0.283. The van der Waals surface area contributed by atoms with E-state index in [9.17, 15) is 0 Å². The minimum atomic E-state index is 0. The monoisotopic (exact) mass is 543 g/mol. The molecule has 1 unspecified atom stereocenters. The van der Waals surface area contributed by atoms with Gasteiger partial charge >= 0.3 is 0 Å². The zero-order valence-electron chi connectivity index (χ0n) is 19.6. The predicted octanol–water partition coefficient (Wildman–Crippen LogP) is 3.74. The van der Waals surface area contributed by atoms with Crippen molar-refractivity contribution in [2.24, 2.45) is 10.9 Å². The highest BCUT2D eigenvalue weighted by Crippen LogP contribution is 2.27. The van der Waals surface area contributed by atoms with Crippen molar-refractivity contribution in [1.82, 2.24) is 20.4 Å². The topological polar surface area (TPSA) is 52.1 Å². The number of piperidine rings is 1. The highest BCUT2D eigenvalue weighted by Gasteiger charge is 2.23. The van der Waals surface area contributed by atoms with Crippen molar-refractivity contribution in [3.8, 4) is 5.75 Å². The summed E-state index contributed by atoms with van der Waals surface area (Å²) in [7, 11) is 3.95. The van der Waals surface area contributed by atoms with Crippen LogP contribution in [0.4, 0.5) is 0 Å². The summed E-state index contributed by atoms with van der Waals surface area (Å²) in [5.41, 5.74) is 1.32. The summed E-state index contributed by atoms with van der Waals surface area (Å²) in [4.78, 5) is 10.00. The minimum absolute atomic E-state index is 0. The average Bonchev–Trinajstić information content (AvgIpc) is 3.30. The lowest BCUT2D eigenvalue weighted by atomic mass is 9.94. The van der Waals surface area contributed by atoms with Gasteiger partial charge in [-0.05, 0) is 95.9 Å². The number of ether oxygens (including phenoxy) is 1. The van der Waals surface area contributed by atoms with Gasteiger partial charge in [-0.25, -0.2) is 0 Å². The van der Waals surface area contributed by atoms with E-state index in [-0.39, 0.29) is 24.0 Å². The second-order valence-corrected chi connectivity index (χ2v) is 8.71. The van der Waals surface area contributed by atoms with E-state index in [0.717, 1.165) is 50.4 Å². The summed E-state index contributed by atoms with van der Waals surface area (Å²) in [6.45, 7) is 9.58. The molecule has 31 heavy (non-hydrogen) atoms. The predicted molar refractivity (Wildman–Crippen MR) is 141 cm³/mol. The molecule has 2 saturated heterocycles. The first-order valence-electron chi connectivity index (χ1n) is 11.8. The molecule has 2 fully saturated rings. The van der Waals surface area contributed by atoms with Gasteiger partial charge in [0.2, 0.25) is 0 Å². The fourth-order valence-electron chi connectivity index (χ4n) is 4.58. The van der Waals surface area contributed by atoms with Crippen molar-refractivity contribution < 1.29 is 4.74 Å². The normalized spacial score (nSPS) is 19.6. The van der Waals surface area contributed by atoms with Crippen molar-refractivity contribution in [2.75, 3.05) is 60.0 Å². The fraction of sp³-hybridized carbons (Fsp3) is 0.708. The van der Waals surface area contributed by atoms with Crippen LogP contribution in [0.5, 0.6) is 5.75 Å². The molecule has 0 aliphatic carbocycles. The molecule has 6 nitrogen and oxygen atoms in total. The molecular weight excluding hydrogens is 501 g/mol. The molecule has 0 spiro atoms. The molecule has 3 rings (SSSR count). The van der Waals surface area contributed by atoms with Gasteiger partial charge in [0.1, 0.15) is 5.75 Å². The Morgan fingerprint density at radius 3 is 2.39 bits per heavy atom. The average molecular weight is 544 g/mol. The summed E-state index contributed by atoms with van der Waals surface area (Å²) in [5.74, 6) is 2.70. The van der Waals surface area contributed by atoms with E-state index in [0.29, 0.717) is 6.04 Å². The number of hydrogen-bond donors (Lipinski definition) is 2. The summed E-state index contributed by atoms with van der Waals surface area (Å²) >= 11 is 0. The van der Waals surface area contributed by atoms with Crippen LogP contribution in [0.1, 0.15) is 50.6 Å². The van der Waals surface area contributed by atoms with Gasteiger partial charge in [-0.2, -0.15) is 0 Å². The molecule has 0 bridgehead atoms. The second-order valence-electron chi connectivity index (χ2n) is 8.71. The van der Waals surface area contributed by atoms with E-state index in [2.05, 4.69) is 58.7 Å².